The molecule has 0 saturated heterocycles. The highest BCUT2D eigenvalue weighted by Gasteiger charge is 2.08. The molecule has 0 aromatic heterocycles. The van der Waals surface area contributed by atoms with Gasteiger partial charge in [0.1, 0.15) is 17.2 Å². The maximum absolute atomic E-state index is 12.0. The van der Waals surface area contributed by atoms with E-state index in [-0.39, 0.29) is 17.4 Å². The van der Waals surface area contributed by atoms with Crippen LogP contribution in [0.2, 0.25) is 0 Å². The Balaban J connectivity index is 2.07. The fourth-order valence-corrected chi connectivity index (χ4v) is 1.95. The third kappa shape index (κ3) is 4.23. The molecule has 0 heterocycles. The van der Waals surface area contributed by atoms with E-state index in [9.17, 15) is 15.0 Å². The molecule has 1 amide bonds. The number of amides is 1. The number of carbonyl (C=O) groups is 1. The fourth-order valence-electron chi connectivity index (χ4n) is 1.95. The number of hydrazone groups is 1. The van der Waals surface area contributed by atoms with Crippen LogP contribution in [0.3, 0.4) is 0 Å². The Morgan fingerprint density at radius 1 is 1.17 bits per heavy atom. The van der Waals surface area contributed by atoms with E-state index in [1.165, 1.54) is 18.2 Å². The molecule has 6 heteroatoms. The first-order valence-corrected chi connectivity index (χ1v) is 7.11. The van der Waals surface area contributed by atoms with Crippen molar-refractivity contribution < 1.29 is 19.7 Å². The number of aromatic hydroxyl groups is 2. The number of phenols is 2. The van der Waals surface area contributed by atoms with E-state index in [1.54, 1.807) is 31.2 Å². The zero-order valence-electron chi connectivity index (χ0n) is 12.9. The molecule has 23 heavy (non-hydrogen) atoms. The van der Waals surface area contributed by atoms with Crippen molar-refractivity contribution in [1.82, 2.24) is 5.43 Å². The number of carbonyl (C=O) groups excluding carboxylic acids is 1. The highest BCUT2D eigenvalue weighted by molar-refractivity contribution is 6.02. The molecule has 0 saturated carbocycles. The van der Waals surface area contributed by atoms with E-state index in [0.717, 1.165) is 0 Å². The van der Waals surface area contributed by atoms with Gasteiger partial charge in [-0.25, -0.2) is 5.43 Å². The highest BCUT2D eigenvalue weighted by Crippen LogP contribution is 2.23. The van der Waals surface area contributed by atoms with Crippen LogP contribution in [0.4, 0.5) is 0 Å². The van der Waals surface area contributed by atoms with Crippen LogP contribution < -0.4 is 10.2 Å². The molecule has 6 nitrogen and oxygen atoms in total. The van der Waals surface area contributed by atoms with Crippen LogP contribution >= 0.6 is 0 Å². The van der Waals surface area contributed by atoms with Gasteiger partial charge in [-0.05, 0) is 50.2 Å². The van der Waals surface area contributed by atoms with Gasteiger partial charge >= 0.3 is 0 Å². The van der Waals surface area contributed by atoms with Gasteiger partial charge in [-0.1, -0.05) is 0 Å². The zero-order valence-corrected chi connectivity index (χ0v) is 12.9. The Hall–Kier alpha value is -3.02. The summed E-state index contributed by atoms with van der Waals surface area (Å²) in [5.41, 5.74) is 3.71. The van der Waals surface area contributed by atoms with Gasteiger partial charge in [0.2, 0.25) is 0 Å². The summed E-state index contributed by atoms with van der Waals surface area (Å²) < 4.78 is 5.31. The summed E-state index contributed by atoms with van der Waals surface area (Å²) in [6.07, 6.45) is 0. The quantitative estimate of drug-likeness (QED) is 0.584. The van der Waals surface area contributed by atoms with Crippen LogP contribution in [0.25, 0.3) is 0 Å². The molecule has 0 aliphatic rings. The molecule has 0 atom stereocenters. The lowest BCUT2D eigenvalue weighted by Gasteiger charge is -2.06. The monoisotopic (exact) mass is 314 g/mol. The molecule has 0 radical (unpaired) electrons. The third-order valence-corrected chi connectivity index (χ3v) is 3.12. The Morgan fingerprint density at radius 3 is 2.48 bits per heavy atom. The molecular weight excluding hydrogens is 296 g/mol. The first kappa shape index (κ1) is 16.4. The van der Waals surface area contributed by atoms with E-state index in [0.29, 0.717) is 29.2 Å². The van der Waals surface area contributed by atoms with Crippen molar-refractivity contribution in [2.45, 2.75) is 13.8 Å². The molecule has 0 bridgehead atoms. The fraction of sp³-hybridized carbons (Fsp3) is 0.176. The second-order valence-electron chi connectivity index (χ2n) is 4.80. The van der Waals surface area contributed by atoms with Crippen LogP contribution in [0.1, 0.15) is 29.8 Å². The van der Waals surface area contributed by atoms with Crippen LogP contribution in [0.5, 0.6) is 17.2 Å². The van der Waals surface area contributed by atoms with Gasteiger partial charge in [-0.2, -0.15) is 5.10 Å². The molecule has 2 rings (SSSR count). The molecule has 0 fully saturated rings. The van der Waals surface area contributed by atoms with E-state index >= 15 is 0 Å². The van der Waals surface area contributed by atoms with E-state index in [2.05, 4.69) is 10.5 Å². The standard InChI is InChI=1S/C17H18N2O4/c1-3-23-14-7-4-12(5-8-14)17(22)19-18-11(2)15-9-6-13(20)10-16(15)21/h4-10,20-21H,3H2,1-2H3,(H,19,22). The predicted octanol–water partition coefficient (Wildman–Crippen LogP) is 2.65. The first-order chi connectivity index (χ1) is 11.0. The lowest BCUT2D eigenvalue weighted by molar-refractivity contribution is 0.0954. The van der Waals surface area contributed by atoms with Crippen molar-refractivity contribution in [3.8, 4) is 17.2 Å². The number of benzene rings is 2. The molecular formula is C17H18N2O4. The average Bonchev–Trinajstić information content (AvgIpc) is 2.53. The Morgan fingerprint density at radius 2 is 1.87 bits per heavy atom. The van der Waals surface area contributed by atoms with E-state index < -0.39 is 0 Å². The van der Waals surface area contributed by atoms with Gasteiger partial charge in [0, 0.05) is 17.2 Å². The summed E-state index contributed by atoms with van der Waals surface area (Å²) >= 11 is 0. The zero-order chi connectivity index (χ0) is 16.8. The Labute approximate surface area is 134 Å². The van der Waals surface area contributed by atoms with Crippen molar-refractivity contribution in [2.24, 2.45) is 5.10 Å². The number of ether oxygens (including phenoxy) is 1. The minimum absolute atomic E-state index is 0.0440. The SMILES string of the molecule is CCOc1ccc(C(=O)NN=C(C)c2ccc(O)cc2O)cc1. The predicted molar refractivity (Wildman–Crippen MR) is 87.1 cm³/mol. The lowest BCUT2D eigenvalue weighted by Crippen LogP contribution is -2.19. The van der Waals surface area contributed by atoms with Gasteiger partial charge in [-0.15, -0.1) is 0 Å². The number of rotatable bonds is 5. The average molecular weight is 314 g/mol. The lowest BCUT2D eigenvalue weighted by atomic mass is 10.1. The summed E-state index contributed by atoms with van der Waals surface area (Å²) in [5, 5.41) is 23.0. The summed E-state index contributed by atoms with van der Waals surface area (Å²) in [6, 6.07) is 10.9. The van der Waals surface area contributed by atoms with Gasteiger partial charge in [-0.3, -0.25) is 4.79 Å². The molecule has 0 unspecified atom stereocenters. The van der Waals surface area contributed by atoms with Crippen molar-refractivity contribution in [1.29, 1.82) is 0 Å². The first-order valence-electron chi connectivity index (χ1n) is 7.11. The normalized spacial score (nSPS) is 11.1. The van der Waals surface area contributed by atoms with Gasteiger partial charge in [0.05, 0.1) is 12.3 Å². The van der Waals surface area contributed by atoms with Gasteiger partial charge < -0.3 is 14.9 Å². The number of phenolic OH excluding ortho intramolecular Hbond substituents is 2. The second kappa shape index (κ2) is 7.31. The summed E-state index contributed by atoms with van der Waals surface area (Å²) in [6.45, 7) is 4.09. The second-order valence-corrected chi connectivity index (χ2v) is 4.80. The number of nitrogens with one attached hydrogen (secondary N) is 1. The maximum Gasteiger partial charge on any atom is 0.271 e. The van der Waals surface area contributed by atoms with Crippen molar-refractivity contribution in [2.75, 3.05) is 6.61 Å². The number of hydrogen-bond acceptors (Lipinski definition) is 5. The van der Waals surface area contributed by atoms with E-state index in [4.69, 9.17) is 4.74 Å². The summed E-state index contributed by atoms with van der Waals surface area (Å²) in [7, 11) is 0. The molecule has 0 aliphatic heterocycles. The molecule has 3 N–H and O–H groups in total. The number of hydrogen-bond donors (Lipinski definition) is 3. The molecule has 120 valence electrons. The summed E-state index contributed by atoms with van der Waals surface area (Å²) in [5.74, 6) is 0.169. The number of nitrogens with zero attached hydrogens (tertiary/aromatic N) is 1. The van der Waals surface area contributed by atoms with Crippen LogP contribution in [0.15, 0.2) is 47.6 Å². The van der Waals surface area contributed by atoms with Crippen molar-refractivity contribution >= 4 is 11.6 Å². The van der Waals surface area contributed by atoms with Gasteiger partial charge in [0.15, 0.2) is 0 Å². The van der Waals surface area contributed by atoms with Crippen molar-refractivity contribution in [3.05, 3.63) is 53.6 Å². The maximum atomic E-state index is 12.0. The Kier molecular flexibility index (Phi) is 5.19. The van der Waals surface area contributed by atoms with Crippen LogP contribution in [-0.2, 0) is 0 Å². The summed E-state index contributed by atoms with van der Waals surface area (Å²) in [4.78, 5) is 12.0. The van der Waals surface area contributed by atoms with Crippen LogP contribution in [0, 0.1) is 0 Å². The third-order valence-electron chi connectivity index (χ3n) is 3.12. The molecule has 2 aromatic carbocycles. The van der Waals surface area contributed by atoms with E-state index in [1.807, 2.05) is 6.92 Å². The largest absolute Gasteiger partial charge is 0.508 e. The van der Waals surface area contributed by atoms with Crippen molar-refractivity contribution in [3.63, 3.8) is 0 Å². The van der Waals surface area contributed by atoms with Gasteiger partial charge in [0.25, 0.3) is 5.91 Å². The Bertz CT molecular complexity index is 724. The van der Waals surface area contributed by atoms with Crippen LogP contribution in [-0.4, -0.2) is 28.4 Å². The molecule has 0 spiro atoms. The smallest absolute Gasteiger partial charge is 0.271 e. The topological polar surface area (TPSA) is 91.2 Å². The minimum atomic E-state index is -0.370. The minimum Gasteiger partial charge on any atom is -0.508 e. The highest BCUT2D eigenvalue weighted by atomic mass is 16.5. The molecule has 2 aromatic rings. The molecule has 0 aliphatic carbocycles.